The van der Waals surface area contributed by atoms with Crippen LogP contribution in [0.4, 0.5) is 8.78 Å². The van der Waals surface area contributed by atoms with Gasteiger partial charge in [-0.1, -0.05) is 29.8 Å². The van der Waals surface area contributed by atoms with Crippen LogP contribution >= 0.6 is 11.6 Å². The zero-order chi connectivity index (χ0) is 10.8. The highest BCUT2D eigenvalue weighted by atomic mass is 35.5. The van der Waals surface area contributed by atoms with Gasteiger partial charge in [-0.2, -0.15) is 8.78 Å². The van der Waals surface area contributed by atoms with Gasteiger partial charge in [0.25, 0.3) is 5.91 Å². The molecule has 76 valence electrons. The van der Waals surface area contributed by atoms with Crippen molar-refractivity contribution in [1.29, 1.82) is 0 Å². The Hall–Kier alpha value is -1.16. The molecular formula is C9H8ClF2NO. The van der Waals surface area contributed by atoms with Crippen molar-refractivity contribution in [3.05, 3.63) is 34.9 Å². The number of carbonyl (C=O) groups is 1. The Kier molecular flexibility index (Phi) is 3.06. The highest BCUT2D eigenvalue weighted by Crippen LogP contribution is 2.24. The minimum atomic E-state index is -3.55. The van der Waals surface area contributed by atoms with Crippen LogP contribution in [0.1, 0.15) is 5.56 Å². The number of nitrogens with two attached hydrogens (primary N) is 1. The quantitative estimate of drug-likeness (QED) is 0.830. The van der Waals surface area contributed by atoms with Crippen LogP contribution in [-0.4, -0.2) is 11.8 Å². The molecule has 2 nitrogen and oxygen atoms in total. The van der Waals surface area contributed by atoms with Crippen LogP contribution in [0.25, 0.3) is 0 Å². The minimum Gasteiger partial charge on any atom is -0.364 e. The molecular weight excluding hydrogens is 212 g/mol. The van der Waals surface area contributed by atoms with Crippen molar-refractivity contribution in [2.45, 2.75) is 12.3 Å². The summed E-state index contributed by atoms with van der Waals surface area (Å²) < 4.78 is 25.8. The largest absolute Gasteiger partial charge is 0.364 e. The maximum atomic E-state index is 12.9. The SMILES string of the molecule is NC(=O)C(F)(F)Cc1ccccc1Cl. The summed E-state index contributed by atoms with van der Waals surface area (Å²) in [4.78, 5) is 10.4. The molecule has 14 heavy (non-hydrogen) atoms. The van der Waals surface area contributed by atoms with Gasteiger partial charge in [0, 0.05) is 11.4 Å². The Morgan fingerprint density at radius 3 is 2.50 bits per heavy atom. The Bertz CT molecular complexity index is 354. The second-order valence-corrected chi connectivity index (χ2v) is 3.24. The summed E-state index contributed by atoms with van der Waals surface area (Å²) in [6.45, 7) is 0. The third kappa shape index (κ3) is 2.42. The van der Waals surface area contributed by atoms with E-state index in [1.54, 1.807) is 12.1 Å². The van der Waals surface area contributed by atoms with Crippen molar-refractivity contribution in [1.82, 2.24) is 0 Å². The average molecular weight is 220 g/mol. The first-order valence-electron chi connectivity index (χ1n) is 3.84. The first-order valence-corrected chi connectivity index (χ1v) is 4.22. The molecule has 1 amide bonds. The molecule has 1 aromatic rings. The second-order valence-electron chi connectivity index (χ2n) is 2.84. The van der Waals surface area contributed by atoms with Gasteiger partial charge in [-0.15, -0.1) is 0 Å². The summed E-state index contributed by atoms with van der Waals surface area (Å²) >= 11 is 5.65. The molecule has 0 atom stereocenters. The van der Waals surface area contributed by atoms with E-state index in [0.717, 1.165) is 0 Å². The zero-order valence-corrected chi connectivity index (χ0v) is 7.89. The fourth-order valence-corrected chi connectivity index (χ4v) is 1.17. The van der Waals surface area contributed by atoms with Crippen molar-refractivity contribution >= 4 is 17.5 Å². The fourth-order valence-electron chi connectivity index (χ4n) is 0.968. The molecule has 0 aromatic heterocycles. The Morgan fingerprint density at radius 2 is 2.00 bits per heavy atom. The smallest absolute Gasteiger partial charge is 0.328 e. The third-order valence-corrected chi connectivity index (χ3v) is 2.10. The second kappa shape index (κ2) is 3.92. The number of amides is 1. The van der Waals surface area contributed by atoms with Crippen LogP contribution in [0.3, 0.4) is 0 Å². The molecule has 0 unspecified atom stereocenters. The Balaban J connectivity index is 2.89. The topological polar surface area (TPSA) is 43.1 Å². The summed E-state index contributed by atoms with van der Waals surface area (Å²) in [5.41, 5.74) is 4.74. The van der Waals surface area contributed by atoms with Gasteiger partial charge in [-0.25, -0.2) is 0 Å². The van der Waals surface area contributed by atoms with Crippen molar-refractivity contribution in [3.63, 3.8) is 0 Å². The summed E-state index contributed by atoms with van der Waals surface area (Å²) in [6.07, 6.45) is -0.762. The molecule has 0 spiro atoms. The first-order chi connectivity index (χ1) is 6.43. The molecule has 0 saturated heterocycles. The predicted octanol–water partition coefficient (Wildman–Crippen LogP) is 2.00. The van der Waals surface area contributed by atoms with Crippen molar-refractivity contribution in [3.8, 4) is 0 Å². The molecule has 1 rings (SSSR count). The Labute approximate surface area is 84.7 Å². The average Bonchev–Trinajstić information content (AvgIpc) is 2.08. The van der Waals surface area contributed by atoms with Crippen molar-refractivity contribution < 1.29 is 13.6 Å². The van der Waals surface area contributed by atoms with E-state index in [4.69, 9.17) is 11.6 Å². The van der Waals surface area contributed by atoms with Crippen molar-refractivity contribution in [2.24, 2.45) is 5.73 Å². The number of halogens is 3. The zero-order valence-electron chi connectivity index (χ0n) is 7.14. The number of primary amides is 1. The van der Waals surface area contributed by atoms with Gasteiger partial charge in [-0.3, -0.25) is 4.79 Å². The number of rotatable bonds is 3. The molecule has 0 heterocycles. The van der Waals surface area contributed by atoms with Crippen LogP contribution in [0.5, 0.6) is 0 Å². The predicted molar refractivity (Wildman–Crippen MR) is 49.3 cm³/mol. The number of benzene rings is 1. The van der Waals surface area contributed by atoms with Crippen molar-refractivity contribution in [2.75, 3.05) is 0 Å². The minimum absolute atomic E-state index is 0.202. The monoisotopic (exact) mass is 219 g/mol. The molecule has 0 aliphatic rings. The van der Waals surface area contributed by atoms with E-state index in [1.165, 1.54) is 12.1 Å². The van der Waals surface area contributed by atoms with E-state index < -0.39 is 18.3 Å². The lowest BCUT2D eigenvalue weighted by atomic mass is 10.1. The number of carbonyl (C=O) groups excluding carboxylic acids is 1. The molecule has 5 heteroatoms. The summed E-state index contributed by atoms with van der Waals surface area (Å²) in [7, 11) is 0. The molecule has 0 fully saturated rings. The van der Waals surface area contributed by atoms with E-state index in [9.17, 15) is 13.6 Å². The van der Waals surface area contributed by atoms with E-state index in [1.807, 2.05) is 0 Å². The third-order valence-electron chi connectivity index (χ3n) is 1.73. The van der Waals surface area contributed by atoms with Gasteiger partial charge in [0.05, 0.1) is 0 Å². The molecule has 0 aliphatic heterocycles. The Morgan fingerprint density at radius 1 is 1.43 bits per heavy atom. The summed E-state index contributed by atoms with van der Waals surface area (Å²) in [5, 5.41) is 0.202. The van der Waals surface area contributed by atoms with Gasteiger partial charge in [0.15, 0.2) is 0 Å². The first kappa shape index (κ1) is 10.9. The van der Waals surface area contributed by atoms with Gasteiger partial charge >= 0.3 is 5.92 Å². The van der Waals surface area contributed by atoms with Crippen LogP contribution in [-0.2, 0) is 11.2 Å². The van der Waals surface area contributed by atoms with Crippen LogP contribution in [0.15, 0.2) is 24.3 Å². The highest BCUT2D eigenvalue weighted by molar-refractivity contribution is 6.31. The van der Waals surface area contributed by atoms with Crippen LogP contribution < -0.4 is 5.73 Å². The maximum absolute atomic E-state index is 12.9. The van der Waals surface area contributed by atoms with Crippen LogP contribution in [0, 0.1) is 0 Å². The van der Waals surface area contributed by atoms with E-state index in [2.05, 4.69) is 5.73 Å². The normalized spacial score (nSPS) is 11.4. The van der Waals surface area contributed by atoms with Crippen LogP contribution in [0.2, 0.25) is 5.02 Å². The highest BCUT2D eigenvalue weighted by Gasteiger charge is 2.36. The van der Waals surface area contributed by atoms with Gasteiger partial charge < -0.3 is 5.73 Å². The molecule has 0 aliphatic carbocycles. The van der Waals surface area contributed by atoms with E-state index in [0.29, 0.717) is 0 Å². The maximum Gasteiger partial charge on any atom is 0.328 e. The number of hydrogen-bond donors (Lipinski definition) is 1. The van der Waals surface area contributed by atoms with E-state index in [-0.39, 0.29) is 10.6 Å². The summed E-state index contributed by atoms with van der Waals surface area (Å²) in [6, 6.07) is 6.10. The van der Waals surface area contributed by atoms with Gasteiger partial charge in [0.1, 0.15) is 0 Å². The van der Waals surface area contributed by atoms with Gasteiger partial charge in [0.2, 0.25) is 0 Å². The fraction of sp³-hybridized carbons (Fsp3) is 0.222. The lowest BCUT2D eigenvalue weighted by molar-refractivity contribution is -0.141. The van der Waals surface area contributed by atoms with E-state index >= 15 is 0 Å². The standard InChI is InChI=1S/C9H8ClF2NO/c10-7-4-2-1-3-6(7)5-9(11,12)8(13)14/h1-4H,5H2,(H2,13,14). The molecule has 1 aromatic carbocycles. The molecule has 2 N–H and O–H groups in total. The van der Waals surface area contributed by atoms with Gasteiger partial charge in [-0.05, 0) is 11.6 Å². The number of hydrogen-bond acceptors (Lipinski definition) is 1. The number of alkyl halides is 2. The lowest BCUT2D eigenvalue weighted by Crippen LogP contribution is -2.37. The summed E-state index contributed by atoms with van der Waals surface area (Å²) in [5.74, 6) is -5.19. The lowest BCUT2D eigenvalue weighted by Gasteiger charge is -2.12. The molecule has 0 bridgehead atoms. The molecule has 0 saturated carbocycles. The molecule has 0 radical (unpaired) electrons.